The fourth-order valence-corrected chi connectivity index (χ4v) is 3.89. The van der Waals surface area contributed by atoms with Crippen LogP contribution in [0.1, 0.15) is 62.3 Å². The molecular weight excluding hydrogens is 264 g/mol. The maximum absolute atomic E-state index is 6.50. The highest BCUT2D eigenvalue weighted by Crippen LogP contribution is 2.39. The summed E-state index contributed by atoms with van der Waals surface area (Å²) in [6, 6.07) is 5.98. The number of rotatable bonds is 8. The van der Waals surface area contributed by atoms with E-state index in [4.69, 9.17) is 5.73 Å². The molecule has 1 aliphatic carbocycles. The van der Waals surface area contributed by atoms with Crippen molar-refractivity contribution in [3.8, 4) is 0 Å². The first kappa shape index (κ1) is 16.0. The van der Waals surface area contributed by atoms with Gasteiger partial charge in [0.2, 0.25) is 0 Å². The third kappa shape index (κ3) is 4.06. The molecule has 1 aliphatic rings. The predicted octanol–water partition coefficient (Wildman–Crippen LogP) is 4.35. The van der Waals surface area contributed by atoms with Crippen LogP contribution in [0, 0.1) is 12.8 Å². The van der Waals surface area contributed by atoms with Gasteiger partial charge in [-0.05, 0) is 57.2 Å². The zero-order chi connectivity index (χ0) is 14.7. The molecule has 2 nitrogen and oxygen atoms in total. The minimum Gasteiger partial charge on any atom is -0.326 e. The molecule has 1 saturated carbocycles. The minimum absolute atomic E-state index is 0.251. The second-order valence-corrected chi connectivity index (χ2v) is 7.94. The van der Waals surface area contributed by atoms with Gasteiger partial charge < -0.3 is 5.73 Å². The van der Waals surface area contributed by atoms with Gasteiger partial charge >= 0.3 is 0 Å². The fourth-order valence-electron chi connectivity index (χ4n) is 2.82. The summed E-state index contributed by atoms with van der Waals surface area (Å²) in [5.74, 6) is 0.764. The monoisotopic (exact) mass is 294 g/mol. The smallest absolute Gasteiger partial charge is 0.0595 e. The van der Waals surface area contributed by atoms with Gasteiger partial charge in [0.1, 0.15) is 0 Å². The Bertz CT molecular complexity index is 409. The average Bonchev–Trinajstić information content (AvgIpc) is 3.16. The molecular formula is C17H30N2S. The molecule has 0 saturated heterocycles. The quantitative estimate of drug-likeness (QED) is 0.772. The lowest BCUT2D eigenvalue weighted by Crippen LogP contribution is -2.42. The molecule has 0 bridgehead atoms. The first-order valence-corrected chi connectivity index (χ1v) is 8.92. The summed E-state index contributed by atoms with van der Waals surface area (Å²) in [5, 5.41) is 0. The van der Waals surface area contributed by atoms with E-state index in [2.05, 4.69) is 44.7 Å². The number of thiophene rings is 1. The van der Waals surface area contributed by atoms with E-state index in [1.807, 2.05) is 11.3 Å². The average molecular weight is 295 g/mol. The number of hydrogen-bond acceptors (Lipinski definition) is 3. The maximum Gasteiger partial charge on any atom is 0.0595 e. The van der Waals surface area contributed by atoms with E-state index >= 15 is 0 Å². The predicted molar refractivity (Wildman–Crippen MR) is 89.2 cm³/mol. The Morgan fingerprint density at radius 2 is 2.05 bits per heavy atom. The summed E-state index contributed by atoms with van der Waals surface area (Å²) in [6.07, 6.45) is 5.03. The lowest BCUT2D eigenvalue weighted by Gasteiger charge is -2.35. The van der Waals surface area contributed by atoms with E-state index in [1.165, 1.54) is 35.6 Å². The fraction of sp³-hybridized carbons (Fsp3) is 0.765. The third-order valence-corrected chi connectivity index (χ3v) is 5.34. The molecule has 0 radical (unpaired) electrons. The number of aryl methyl sites for hydroxylation is 1. The van der Waals surface area contributed by atoms with Crippen molar-refractivity contribution in [2.45, 2.75) is 71.5 Å². The molecule has 0 aliphatic heterocycles. The summed E-state index contributed by atoms with van der Waals surface area (Å²) >= 11 is 1.93. The summed E-state index contributed by atoms with van der Waals surface area (Å²) < 4.78 is 0. The standard InChI is InChI=1S/C17H30N2S/c1-5-15(18)17(16-9-6-13(4)20-16)19(14-7-8-14)11-10-12(2)3/h6,9,12,14-15,17H,5,7-8,10-11,18H2,1-4H3. The molecule has 2 N–H and O–H groups in total. The highest BCUT2D eigenvalue weighted by atomic mass is 32.1. The van der Waals surface area contributed by atoms with Gasteiger partial charge in [0.05, 0.1) is 6.04 Å². The van der Waals surface area contributed by atoms with Crippen molar-refractivity contribution in [1.82, 2.24) is 4.90 Å². The van der Waals surface area contributed by atoms with Crippen LogP contribution in [0.4, 0.5) is 0 Å². The zero-order valence-corrected chi connectivity index (χ0v) is 14.2. The van der Waals surface area contributed by atoms with Crippen LogP contribution in [0.25, 0.3) is 0 Å². The van der Waals surface area contributed by atoms with Crippen LogP contribution in [0.5, 0.6) is 0 Å². The zero-order valence-electron chi connectivity index (χ0n) is 13.4. The first-order valence-electron chi connectivity index (χ1n) is 8.10. The second-order valence-electron chi connectivity index (χ2n) is 6.62. The molecule has 0 amide bonds. The lowest BCUT2D eigenvalue weighted by atomic mass is 10.0. The molecule has 1 fully saturated rings. The van der Waals surface area contributed by atoms with Gasteiger partial charge in [-0.25, -0.2) is 0 Å². The summed E-state index contributed by atoms with van der Waals surface area (Å²) in [4.78, 5) is 5.57. The topological polar surface area (TPSA) is 29.3 Å². The Morgan fingerprint density at radius 3 is 2.50 bits per heavy atom. The Kier molecular flexibility index (Phi) is 5.65. The SMILES string of the molecule is CCC(N)C(c1ccc(C)s1)N(CCC(C)C)C1CC1. The van der Waals surface area contributed by atoms with Crippen LogP contribution in [-0.2, 0) is 0 Å². The van der Waals surface area contributed by atoms with Crippen molar-refractivity contribution in [1.29, 1.82) is 0 Å². The molecule has 114 valence electrons. The van der Waals surface area contributed by atoms with Gasteiger partial charge in [-0.2, -0.15) is 0 Å². The highest BCUT2D eigenvalue weighted by molar-refractivity contribution is 7.12. The van der Waals surface area contributed by atoms with Crippen molar-refractivity contribution < 1.29 is 0 Å². The van der Waals surface area contributed by atoms with Gasteiger partial charge in [0, 0.05) is 21.8 Å². The van der Waals surface area contributed by atoms with Crippen LogP contribution in [0.2, 0.25) is 0 Å². The third-order valence-electron chi connectivity index (χ3n) is 4.27. The van der Waals surface area contributed by atoms with E-state index in [0.717, 1.165) is 18.4 Å². The molecule has 2 unspecified atom stereocenters. The largest absolute Gasteiger partial charge is 0.326 e. The first-order chi connectivity index (χ1) is 9.52. The van der Waals surface area contributed by atoms with E-state index in [-0.39, 0.29) is 6.04 Å². The molecule has 3 heteroatoms. The van der Waals surface area contributed by atoms with E-state index in [9.17, 15) is 0 Å². The number of nitrogens with two attached hydrogens (primary N) is 1. The van der Waals surface area contributed by atoms with Gasteiger partial charge in [0.25, 0.3) is 0 Å². The Morgan fingerprint density at radius 1 is 1.35 bits per heavy atom. The highest BCUT2D eigenvalue weighted by Gasteiger charge is 2.37. The lowest BCUT2D eigenvalue weighted by molar-refractivity contribution is 0.154. The molecule has 0 spiro atoms. The van der Waals surface area contributed by atoms with Gasteiger partial charge in [-0.3, -0.25) is 4.90 Å². The van der Waals surface area contributed by atoms with E-state index in [1.54, 1.807) is 0 Å². The normalized spacial score (nSPS) is 18.8. The molecule has 1 heterocycles. The molecule has 2 atom stereocenters. The molecule has 0 aromatic carbocycles. The summed E-state index contributed by atoms with van der Waals surface area (Å²) in [7, 11) is 0. The van der Waals surface area contributed by atoms with Gasteiger partial charge in [-0.1, -0.05) is 20.8 Å². The van der Waals surface area contributed by atoms with Gasteiger partial charge in [-0.15, -0.1) is 11.3 Å². The molecule has 2 rings (SSSR count). The van der Waals surface area contributed by atoms with Crippen molar-refractivity contribution in [2.24, 2.45) is 11.7 Å². The van der Waals surface area contributed by atoms with Crippen molar-refractivity contribution in [2.75, 3.05) is 6.54 Å². The minimum atomic E-state index is 0.251. The van der Waals surface area contributed by atoms with E-state index in [0.29, 0.717) is 6.04 Å². The van der Waals surface area contributed by atoms with Gasteiger partial charge in [0.15, 0.2) is 0 Å². The van der Waals surface area contributed by atoms with Crippen molar-refractivity contribution >= 4 is 11.3 Å². The van der Waals surface area contributed by atoms with Crippen molar-refractivity contribution in [3.05, 3.63) is 21.9 Å². The second kappa shape index (κ2) is 7.06. The maximum atomic E-state index is 6.50. The Hall–Kier alpha value is -0.380. The summed E-state index contributed by atoms with van der Waals surface area (Å²) in [5.41, 5.74) is 6.50. The number of hydrogen-bond donors (Lipinski definition) is 1. The Labute approximate surface area is 128 Å². The van der Waals surface area contributed by atoms with Crippen LogP contribution in [0.15, 0.2) is 12.1 Å². The van der Waals surface area contributed by atoms with Crippen molar-refractivity contribution in [3.63, 3.8) is 0 Å². The summed E-state index contributed by atoms with van der Waals surface area (Å²) in [6.45, 7) is 10.2. The van der Waals surface area contributed by atoms with Crippen LogP contribution >= 0.6 is 11.3 Å². The molecule has 20 heavy (non-hydrogen) atoms. The van der Waals surface area contributed by atoms with Crippen LogP contribution in [-0.4, -0.2) is 23.5 Å². The molecule has 1 aromatic rings. The van der Waals surface area contributed by atoms with Crippen LogP contribution < -0.4 is 5.73 Å². The molecule has 1 aromatic heterocycles. The number of nitrogens with zero attached hydrogens (tertiary/aromatic N) is 1. The Balaban J connectivity index is 2.18. The van der Waals surface area contributed by atoms with E-state index < -0.39 is 0 Å². The van der Waals surface area contributed by atoms with Crippen LogP contribution in [0.3, 0.4) is 0 Å².